The largest absolute Gasteiger partial charge is 0.242 e. The second-order valence-electron chi connectivity index (χ2n) is 6.13. The van der Waals surface area contributed by atoms with Gasteiger partial charge in [-0.05, 0) is 44.8 Å². The summed E-state index contributed by atoms with van der Waals surface area (Å²) >= 11 is 0. The van der Waals surface area contributed by atoms with E-state index in [0.29, 0.717) is 5.92 Å². The Labute approximate surface area is 135 Å². The van der Waals surface area contributed by atoms with Crippen LogP contribution >= 0.6 is 0 Å². The quantitative estimate of drug-likeness (QED) is 0.623. The predicted molar refractivity (Wildman–Crippen MR) is 98.6 cm³/mol. The maximum atomic E-state index is 4.50. The maximum Gasteiger partial charge on any atom is 0.0575 e. The van der Waals surface area contributed by atoms with E-state index >= 15 is 0 Å². The zero-order chi connectivity index (χ0) is 16.7. The van der Waals surface area contributed by atoms with E-state index in [2.05, 4.69) is 70.6 Å². The highest BCUT2D eigenvalue weighted by Gasteiger charge is 2.12. The lowest BCUT2D eigenvalue weighted by Gasteiger charge is -2.12. The van der Waals surface area contributed by atoms with Gasteiger partial charge in [-0.2, -0.15) is 5.10 Å². The fourth-order valence-electron chi connectivity index (χ4n) is 2.39. The molecule has 0 aliphatic heterocycles. The molecule has 0 fully saturated rings. The average Bonchev–Trinajstić information content (AvgIpc) is 2.82. The first-order valence-electron chi connectivity index (χ1n) is 8.18. The van der Waals surface area contributed by atoms with Crippen LogP contribution in [0, 0.1) is 12.8 Å². The van der Waals surface area contributed by atoms with Crippen LogP contribution in [-0.2, 0) is 0 Å². The molecular weight excluding hydrogens is 268 g/mol. The summed E-state index contributed by atoms with van der Waals surface area (Å²) in [6.45, 7) is 16.6. The second kappa shape index (κ2) is 8.57. The van der Waals surface area contributed by atoms with Crippen LogP contribution in [0.4, 0.5) is 0 Å². The topological polar surface area (TPSA) is 17.8 Å². The third-order valence-electron chi connectivity index (χ3n) is 3.42. The number of allylic oxidation sites excluding steroid dienone is 7. The lowest BCUT2D eigenvalue weighted by Crippen LogP contribution is -2.00. The predicted octanol–water partition coefficient (Wildman–Crippen LogP) is 6.02. The Balaban J connectivity index is 0.000000745. The van der Waals surface area contributed by atoms with Gasteiger partial charge in [0.2, 0.25) is 0 Å². The van der Waals surface area contributed by atoms with E-state index in [1.165, 1.54) is 23.3 Å². The Kier molecular flexibility index (Phi) is 7.10. The van der Waals surface area contributed by atoms with Crippen molar-refractivity contribution in [3.8, 4) is 0 Å². The molecule has 22 heavy (non-hydrogen) atoms. The summed E-state index contributed by atoms with van der Waals surface area (Å²) in [6, 6.07) is 0. The molecule has 0 bridgehead atoms. The first kappa shape index (κ1) is 18.2. The summed E-state index contributed by atoms with van der Waals surface area (Å²) in [5.74, 6) is 0.643. The van der Waals surface area contributed by atoms with Gasteiger partial charge in [-0.3, -0.25) is 0 Å². The van der Waals surface area contributed by atoms with Gasteiger partial charge >= 0.3 is 0 Å². The molecule has 0 N–H and O–H groups in total. The lowest BCUT2D eigenvalue weighted by atomic mass is 9.95. The number of hydrogen-bond acceptors (Lipinski definition) is 1. The highest BCUT2D eigenvalue weighted by Crippen LogP contribution is 2.27. The third kappa shape index (κ3) is 4.87. The molecule has 1 atom stereocenters. The molecule has 2 heteroatoms. The molecule has 0 amide bonds. The highest BCUT2D eigenvalue weighted by molar-refractivity contribution is 5.76. The normalized spacial score (nSPS) is 17.6. The van der Waals surface area contributed by atoms with Crippen LogP contribution in [0.3, 0.4) is 0 Å². The smallest absolute Gasteiger partial charge is 0.0575 e. The molecule has 0 aromatic carbocycles. The Morgan fingerprint density at radius 2 is 2.05 bits per heavy atom. The van der Waals surface area contributed by atoms with Gasteiger partial charge in [0.15, 0.2) is 0 Å². The van der Waals surface area contributed by atoms with E-state index in [4.69, 9.17) is 0 Å². The van der Waals surface area contributed by atoms with Crippen molar-refractivity contribution >= 4 is 11.3 Å². The highest BCUT2D eigenvalue weighted by atomic mass is 15.3. The van der Waals surface area contributed by atoms with Crippen molar-refractivity contribution in [2.75, 3.05) is 0 Å². The summed E-state index contributed by atoms with van der Waals surface area (Å²) in [5.41, 5.74) is 5.83. The molecule has 1 heterocycles. The van der Waals surface area contributed by atoms with E-state index in [-0.39, 0.29) is 0 Å². The molecule has 1 aromatic rings. The molecule has 1 aromatic heterocycles. The van der Waals surface area contributed by atoms with Crippen LogP contribution in [-0.4, -0.2) is 9.78 Å². The van der Waals surface area contributed by atoms with E-state index in [9.17, 15) is 0 Å². The monoisotopic (exact) mass is 298 g/mol. The molecule has 1 aliphatic rings. The van der Waals surface area contributed by atoms with Crippen LogP contribution < -0.4 is 0 Å². The maximum absolute atomic E-state index is 4.50. The first-order chi connectivity index (χ1) is 10.4. The fraction of sp³-hybridized carbons (Fsp3) is 0.450. The van der Waals surface area contributed by atoms with Crippen LogP contribution in [0.15, 0.2) is 42.7 Å². The van der Waals surface area contributed by atoms with E-state index in [1.54, 1.807) is 0 Å². The molecular formula is C20H30N2. The van der Waals surface area contributed by atoms with Gasteiger partial charge in [0, 0.05) is 17.0 Å². The number of hydrogen-bond donors (Lipinski definition) is 0. The van der Waals surface area contributed by atoms with Gasteiger partial charge in [-0.1, -0.05) is 57.6 Å². The molecule has 120 valence electrons. The minimum atomic E-state index is 0.643. The molecule has 0 saturated heterocycles. The first-order valence-corrected chi connectivity index (χ1v) is 8.18. The van der Waals surface area contributed by atoms with Crippen molar-refractivity contribution in [3.05, 3.63) is 53.9 Å². The van der Waals surface area contributed by atoms with Crippen molar-refractivity contribution in [1.29, 1.82) is 0 Å². The van der Waals surface area contributed by atoms with Crippen LogP contribution in [0.1, 0.15) is 58.7 Å². The number of nitrogens with zero attached hydrogens (tertiary/aromatic N) is 2. The van der Waals surface area contributed by atoms with Crippen LogP contribution in [0.5, 0.6) is 0 Å². The van der Waals surface area contributed by atoms with Crippen LogP contribution in [0.25, 0.3) is 11.3 Å². The summed E-state index contributed by atoms with van der Waals surface area (Å²) in [7, 11) is 0. The van der Waals surface area contributed by atoms with E-state index in [0.717, 1.165) is 17.7 Å². The summed E-state index contributed by atoms with van der Waals surface area (Å²) in [6.07, 6.45) is 13.1. The fourth-order valence-corrected chi connectivity index (χ4v) is 2.39. The summed E-state index contributed by atoms with van der Waals surface area (Å²) < 4.78 is 1.98. The van der Waals surface area contributed by atoms with Crippen molar-refractivity contribution in [1.82, 2.24) is 9.78 Å². The minimum absolute atomic E-state index is 0.643. The summed E-state index contributed by atoms with van der Waals surface area (Å²) in [5, 5.41) is 4.50. The molecule has 0 saturated carbocycles. The zero-order valence-electron chi connectivity index (χ0n) is 15.0. The Morgan fingerprint density at radius 3 is 2.55 bits per heavy atom. The van der Waals surface area contributed by atoms with Gasteiger partial charge in [0.05, 0.1) is 6.20 Å². The average molecular weight is 298 g/mol. The lowest BCUT2D eigenvalue weighted by molar-refractivity contribution is 0.739. The second-order valence-corrected chi connectivity index (χ2v) is 6.13. The molecule has 1 unspecified atom stereocenters. The van der Waals surface area contributed by atoms with Gasteiger partial charge in [-0.15, -0.1) is 0 Å². The van der Waals surface area contributed by atoms with Gasteiger partial charge in [-0.25, -0.2) is 4.68 Å². The summed E-state index contributed by atoms with van der Waals surface area (Å²) in [4.78, 5) is 0. The Morgan fingerprint density at radius 1 is 1.41 bits per heavy atom. The van der Waals surface area contributed by atoms with Gasteiger partial charge in [0.25, 0.3) is 0 Å². The third-order valence-corrected chi connectivity index (χ3v) is 3.42. The van der Waals surface area contributed by atoms with E-state index in [1.807, 2.05) is 17.8 Å². The Bertz CT molecular complexity index is 597. The van der Waals surface area contributed by atoms with Crippen molar-refractivity contribution in [2.24, 2.45) is 5.92 Å². The molecule has 2 rings (SSSR count). The SMILES string of the molecule is C=C(C)/C=C(/C)n1ncc(C2=CCC(C)C=C2)c1C.CCC. The van der Waals surface area contributed by atoms with E-state index < -0.39 is 0 Å². The number of rotatable bonds is 3. The molecule has 2 nitrogen and oxygen atoms in total. The molecule has 1 aliphatic carbocycles. The molecule has 0 radical (unpaired) electrons. The minimum Gasteiger partial charge on any atom is -0.242 e. The zero-order valence-corrected chi connectivity index (χ0v) is 15.0. The number of aromatic nitrogens is 2. The van der Waals surface area contributed by atoms with Crippen LogP contribution in [0.2, 0.25) is 0 Å². The molecule has 0 spiro atoms. The standard InChI is InChI=1S/C17H22N2.C3H8/c1-12(2)10-14(4)19-15(5)17(11-18-19)16-8-6-13(3)7-9-16;1-3-2/h6,8-11,13H,1,7H2,2-5H3;3H2,1-2H3/b14-10-;. The van der Waals surface area contributed by atoms with Gasteiger partial charge in [0.1, 0.15) is 0 Å². The van der Waals surface area contributed by atoms with Crippen molar-refractivity contribution in [3.63, 3.8) is 0 Å². The Hall–Kier alpha value is -1.83. The van der Waals surface area contributed by atoms with Crippen molar-refractivity contribution in [2.45, 2.75) is 54.4 Å². The van der Waals surface area contributed by atoms with Crippen molar-refractivity contribution < 1.29 is 0 Å². The van der Waals surface area contributed by atoms with Gasteiger partial charge < -0.3 is 0 Å².